The number of aryl methyl sites for hydroxylation is 1. The van der Waals surface area contributed by atoms with E-state index in [0.29, 0.717) is 12.8 Å². The van der Waals surface area contributed by atoms with Crippen LogP contribution in [-0.2, 0) is 24.2 Å². The largest absolute Gasteiger partial charge is 0.497 e. The second-order valence-corrected chi connectivity index (χ2v) is 8.30. The summed E-state index contributed by atoms with van der Waals surface area (Å²) in [6.07, 6.45) is 3.13. The first-order valence-electron chi connectivity index (χ1n) is 11.6. The van der Waals surface area contributed by atoms with Crippen molar-refractivity contribution in [1.82, 2.24) is 14.9 Å². The molecule has 5 nitrogen and oxygen atoms in total. The fourth-order valence-electron chi connectivity index (χ4n) is 4.15. The highest BCUT2D eigenvalue weighted by Crippen LogP contribution is 2.27. The van der Waals surface area contributed by atoms with Crippen LogP contribution in [0.3, 0.4) is 0 Å². The summed E-state index contributed by atoms with van der Waals surface area (Å²) in [4.78, 5) is 18.0. The normalized spacial score (nSPS) is 11.9. The van der Waals surface area contributed by atoms with Gasteiger partial charge in [-0.1, -0.05) is 74.0 Å². The van der Waals surface area contributed by atoms with Crippen molar-refractivity contribution in [2.45, 2.75) is 45.2 Å². The molecule has 4 rings (SSSR count). The van der Waals surface area contributed by atoms with Crippen LogP contribution in [0.25, 0.3) is 11.0 Å². The van der Waals surface area contributed by atoms with Gasteiger partial charge in [-0.15, -0.1) is 0 Å². The van der Waals surface area contributed by atoms with E-state index < -0.39 is 0 Å². The van der Waals surface area contributed by atoms with E-state index in [2.05, 4.69) is 28.9 Å². The van der Waals surface area contributed by atoms with Crippen LogP contribution in [0.4, 0.5) is 0 Å². The van der Waals surface area contributed by atoms with Crippen LogP contribution in [0, 0.1) is 0 Å². The van der Waals surface area contributed by atoms with E-state index in [0.717, 1.165) is 53.1 Å². The van der Waals surface area contributed by atoms with Gasteiger partial charge >= 0.3 is 0 Å². The van der Waals surface area contributed by atoms with Gasteiger partial charge < -0.3 is 14.6 Å². The number of fused-ring (bicyclic) bond motifs is 1. The molecule has 0 aliphatic carbocycles. The van der Waals surface area contributed by atoms with E-state index in [1.165, 1.54) is 0 Å². The molecule has 1 atom stereocenters. The maximum Gasteiger partial charge on any atom is 0.225 e. The number of nitrogens with one attached hydrogen (secondary N) is 1. The van der Waals surface area contributed by atoms with Gasteiger partial charge in [0.05, 0.1) is 30.6 Å². The third-order valence-corrected chi connectivity index (χ3v) is 5.86. The van der Waals surface area contributed by atoms with E-state index >= 15 is 0 Å². The molecule has 4 aromatic rings. The highest BCUT2D eigenvalue weighted by molar-refractivity contribution is 5.80. The monoisotopic (exact) mass is 441 g/mol. The fraction of sp³-hybridized carbons (Fsp3) is 0.286. The van der Waals surface area contributed by atoms with Crippen LogP contribution in [0.15, 0.2) is 78.9 Å². The molecule has 1 unspecified atom stereocenters. The number of carbonyl (C=O) groups is 1. The summed E-state index contributed by atoms with van der Waals surface area (Å²) in [5.41, 5.74) is 4.11. The summed E-state index contributed by atoms with van der Waals surface area (Å²) >= 11 is 0. The Hall–Kier alpha value is -3.60. The molecule has 1 heterocycles. The second-order valence-electron chi connectivity index (χ2n) is 8.30. The maximum absolute atomic E-state index is 13.1. The molecule has 0 bridgehead atoms. The van der Waals surface area contributed by atoms with Gasteiger partial charge in [0.2, 0.25) is 5.91 Å². The predicted octanol–water partition coefficient (Wildman–Crippen LogP) is 5.49. The minimum atomic E-state index is -0.237. The molecule has 0 saturated heterocycles. The van der Waals surface area contributed by atoms with Gasteiger partial charge in [-0.3, -0.25) is 4.79 Å². The van der Waals surface area contributed by atoms with Gasteiger partial charge in [-0.2, -0.15) is 0 Å². The average molecular weight is 442 g/mol. The van der Waals surface area contributed by atoms with Crippen molar-refractivity contribution in [2.24, 2.45) is 0 Å². The Labute approximate surface area is 195 Å². The van der Waals surface area contributed by atoms with Crippen molar-refractivity contribution in [1.29, 1.82) is 0 Å². The van der Waals surface area contributed by atoms with E-state index in [9.17, 15) is 4.79 Å². The molecule has 0 saturated carbocycles. The van der Waals surface area contributed by atoms with E-state index in [1.54, 1.807) is 7.11 Å². The highest BCUT2D eigenvalue weighted by Gasteiger charge is 2.23. The third-order valence-electron chi connectivity index (χ3n) is 5.86. The molecule has 1 N–H and O–H groups in total. The molecular formula is C28H31N3O2. The number of unbranched alkanes of at least 4 members (excludes halogenated alkanes) is 1. The van der Waals surface area contributed by atoms with Gasteiger partial charge in [-0.05, 0) is 36.1 Å². The molecule has 33 heavy (non-hydrogen) atoms. The topological polar surface area (TPSA) is 56.2 Å². The van der Waals surface area contributed by atoms with E-state index in [-0.39, 0.29) is 11.9 Å². The summed E-state index contributed by atoms with van der Waals surface area (Å²) in [5, 5.41) is 3.28. The van der Waals surface area contributed by atoms with Crippen molar-refractivity contribution in [2.75, 3.05) is 7.11 Å². The number of amides is 1. The zero-order chi connectivity index (χ0) is 23.0. The fourth-order valence-corrected chi connectivity index (χ4v) is 4.15. The summed E-state index contributed by atoms with van der Waals surface area (Å²) in [5.74, 6) is 1.69. The van der Waals surface area contributed by atoms with Gasteiger partial charge in [0.15, 0.2) is 0 Å². The zero-order valence-corrected chi connectivity index (χ0v) is 19.3. The molecule has 3 aromatic carbocycles. The lowest BCUT2D eigenvalue weighted by Crippen LogP contribution is -2.33. The van der Waals surface area contributed by atoms with E-state index in [1.807, 2.05) is 66.7 Å². The molecule has 0 radical (unpaired) electrons. The first-order valence-corrected chi connectivity index (χ1v) is 11.6. The summed E-state index contributed by atoms with van der Waals surface area (Å²) in [7, 11) is 1.68. The Kier molecular flexibility index (Phi) is 7.40. The van der Waals surface area contributed by atoms with Gasteiger partial charge in [0, 0.05) is 12.6 Å². The number of hydrogen-bond acceptors (Lipinski definition) is 3. The van der Waals surface area contributed by atoms with Gasteiger partial charge in [0.25, 0.3) is 0 Å². The highest BCUT2D eigenvalue weighted by atomic mass is 16.5. The van der Waals surface area contributed by atoms with Crippen LogP contribution in [0.5, 0.6) is 5.75 Å². The molecule has 0 spiro atoms. The Balaban J connectivity index is 1.71. The smallest absolute Gasteiger partial charge is 0.225 e. The van der Waals surface area contributed by atoms with Crippen LogP contribution < -0.4 is 10.1 Å². The predicted molar refractivity (Wildman–Crippen MR) is 132 cm³/mol. The van der Waals surface area contributed by atoms with Crippen LogP contribution in [-0.4, -0.2) is 22.6 Å². The lowest BCUT2D eigenvalue weighted by Gasteiger charge is -2.21. The third kappa shape index (κ3) is 5.61. The van der Waals surface area contributed by atoms with Crippen molar-refractivity contribution in [3.05, 3.63) is 95.8 Å². The number of methoxy groups -OCH3 is 1. The Morgan fingerprint density at radius 2 is 1.70 bits per heavy atom. The standard InChI is InChI=1S/C28H31N3O2/c1-3-4-17-31-26-20-23(33-2)15-16-24(26)30-28(31)25(18-21-11-7-5-8-12-21)29-27(32)19-22-13-9-6-10-14-22/h5-16,20,25H,3-4,17-19H2,1-2H3,(H,29,32). The number of carbonyl (C=O) groups excluding carboxylic acids is 1. The number of hydrogen-bond donors (Lipinski definition) is 1. The number of benzene rings is 3. The summed E-state index contributed by atoms with van der Waals surface area (Å²) in [6, 6.07) is 25.8. The lowest BCUT2D eigenvalue weighted by molar-refractivity contribution is -0.121. The number of aromatic nitrogens is 2. The van der Waals surface area contributed by atoms with Crippen molar-refractivity contribution < 1.29 is 9.53 Å². The van der Waals surface area contributed by atoms with Crippen molar-refractivity contribution in [3.8, 4) is 5.75 Å². The zero-order valence-electron chi connectivity index (χ0n) is 19.3. The van der Waals surface area contributed by atoms with Crippen LogP contribution >= 0.6 is 0 Å². The molecular weight excluding hydrogens is 410 g/mol. The SMILES string of the molecule is CCCCn1c(C(Cc2ccccc2)NC(=O)Cc2ccccc2)nc2ccc(OC)cc21. The minimum absolute atomic E-state index is 0.00573. The molecule has 5 heteroatoms. The minimum Gasteiger partial charge on any atom is -0.497 e. The number of ether oxygens (including phenoxy) is 1. The van der Waals surface area contributed by atoms with Crippen LogP contribution in [0.1, 0.15) is 42.8 Å². The summed E-state index contributed by atoms with van der Waals surface area (Å²) < 4.78 is 7.72. The number of imidazole rings is 1. The maximum atomic E-state index is 13.1. The number of nitrogens with zero attached hydrogens (tertiary/aromatic N) is 2. The Morgan fingerprint density at radius 1 is 1.00 bits per heavy atom. The van der Waals surface area contributed by atoms with Gasteiger partial charge in [0.1, 0.15) is 11.6 Å². The van der Waals surface area contributed by atoms with Gasteiger partial charge in [-0.25, -0.2) is 4.98 Å². The quantitative estimate of drug-likeness (QED) is 0.354. The van der Waals surface area contributed by atoms with Crippen LogP contribution in [0.2, 0.25) is 0 Å². The molecule has 170 valence electrons. The molecule has 0 aliphatic rings. The molecule has 0 fully saturated rings. The van der Waals surface area contributed by atoms with E-state index in [4.69, 9.17) is 9.72 Å². The molecule has 1 amide bonds. The Bertz CT molecular complexity index is 1190. The van der Waals surface area contributed by atoms with Crippen molar-refractivity contribution in [3.63, 3.8) is 0 Å². The molecule has 1 aromatic heterocycles. The molecule has 0 aliphatic heterocycles. The average Bonchev–Trinajstić information content (AvgIpc) is 3.21. The lowest BCUT2D eigenvalue weighted by atomic mass is 10.0. The summed E-state index contributed by atoms with van der Waals surface area (Å²) in [6.45, 7) is 3.03. The second kappa shape index (κ2) is 10.8. The Morgan fingerprint density at radius 3 is 2.36 bits per heavy atom. The first kappa shape index (κ1) is 22.6. The number of rotatable bonds is 10. The first-order chi connectivity index (χ1) is 16.2. The van der Waals surface area contributed by atoms with Crippen molar-refractivity contribution >= 4 is 16.9 Å².